The molecule has 0 radical (unpaired) electrons. The van der Waals surface area contributed by atoms with Gasteiger partial charge in [0.2, 0.25) is 15.8 Å². The number of nitrogens with two attached hydrogens (primary N) is 1. The van der Waals surface area contributed by atoms with E-state index in [2.05, 4.69) is 0 Å². The second kappa shape index (κ2) is 9.45. The van der Waals surface area contributed by atoms with Gasteiger partial charge in [-0.3, -0.25) is 14.9 Å². The van der Waals surface area contributed by atoms with Crippen LogP contribution in [0, 0.1) is 24.0 Å². The van der Waals surface area contributed by atoms with Gasteiger partial charge in [-0.2, -0.15) is 0 Å². The lowest BCUT2D eigenvalue weighted by Gasteiger charge is -2.11. The number of aromatic nitrogens is 1. The number of nitro benzene ring substituents is 1. The summed E-state index contributed by atoms with van der Waals surface area (Å²) < 4.78 is 34.6. The zero-order valence-corrected chi connectivity index (χ0v) is 19.3. The molecular formula is C22H21N3O8S. The van der Waals surface area contributed by atoms with Crippen molar-refractivity contribution in [1.82, 2.24) is 4.57 Å². The summed E-state index contributed by atoms with van der Waals surface area (Å²) in [5.41, 5.74) is 1.68. The van der Waals surface area contributed by atoms with E-state index in [0.29, 0.717) is 22.6 Å². The van der Waals surface area contributed by atoms with Gasteiger partial charge >= 0.3 is 11.7 Å². The zero-order chi connectivity index (χ0) is 25.2. The third kappa shape index (κ3) is 4.97. The minimum atomic E-state index is -3.84. The molecule has 178 valence electrons. The number of esters is 1. The maximum Gasteiger partial charge on any atom is 0.338 e. The van der Waals surface area contributed by atoms with E-state index in [-0.39, 0.29) is 16.2 Å². The van der Waals surface area contributed by atoms with Crippen molar-refractivity contribution in [2.45, 2.75) is 18.7 Å². The number of carbonyl (C=O) groups is 2. The van der Waals surface area contributed by atoms with E-state index in [1.54, 1.807) is 36.6 Å². The number of methoxy groups -OCH3 is 1. The summed E-state index contributed by atoms with van der Waals surface area (Å²) >= 11 is 0. The average Bonchev–Trinajstić information content (AvgIpc) is 3.10. The number of carbonyl (C=O) groups excluding carboxylic acids is 2. The van der Waals surface area contributed by atoms with Crippen molar-refractivity contribution in [3.63, 3.8) is 0 Å². The Kier molecular flexibility index (Phi) is 6.84. The first-order valence-corrected chi connectivity index (χ1v) is 11.3. The Morgan fingerprint density at radius 1 is 1.09 bits per heavy atom. The highest BCUT2D eigenvalue weighted by Crippen LogP contribution is 2.28. The number of rotatable bonds is 8. The molecule has 0 bridgehead atoms. The average molecular weight is 487 g/mol. The summed E-state index contributed by atoms with van der Waals surface area (Å²) in [6, 6.07) is 11.1. The van der Waals surface area contributed by atoms with Gasteiger partial charge in [0.05, 0.1) is 22.5 Å². The van der Waals surface area contributed by atoms with Gasteiger partial charge in [0.15, 0.2) is 12.4 Å². The van der Waals surface area contributed by atoms with Crippen LogP contribution in [0.1, 0.15) is 32.1 Å². The molecule has 2 N–H and O–H groups in total. The Bertz CT molecular complexity index is 1390. The van der Waals surface area contributed by atoms with Crippen molar-refractivity contribution in [1.29, 1.82) is 0 Å². The first kappa shape index (κ1) is 24.6. The Morgan fingerprint density at radius 3 is 2.29 bits per heavy atom. The summed E-state index contributed by atoms with van der Waals surface area (Å²) in [6.07, 6.45) is 0. The molecular weight excluding hydrogens is 466 g/mol. The molecule has 0 unspecified atom stereocenters. The van der Waals surface area contributed by atoms with E-state index in [4.69, 9.17) is 14.6 Å². The fourth-order valence-corrected chi connectivity index (χ4v) is 3.99. The van der Waals surface area contributed by atoms with Crippen LogP contribution < -0.4 is 9.88 Å². The Labute approximate surface area is 194 Å². The van der Waals surface area contributed by atoms with Gasteiger partial charge in [-0.1, -0.05) is 0 Å². The minimum Gasteiger partial charge on any atom is -0.490 e. The number of primary sulfonamides is 1. The van der Waals surface area contributed by atoms with Crippen molar-refractivity contribution in [2.24, 2.45) is 5.14 Å². The van der Waals surface area contributed by atoms with Crippen LogP contribution >= 0.6 is 0 Å². The SMILES string of the molecule is COc1ccc(C(=O)OCC(=O)c2cc(C)n(-c3ccc(S(N)(=O)=O)cc3)c2C)cc1[N+](=O)[O-]. The van der Waals surface area contributed by atoms with Crippen molar-refractivity contribution in [3.8, 4) is 11.4 Å². The van der Waals surface area contributed by atoms with Gasteiger partial charge < -0.3 is 14.0 Å². The quantitative estimate of drug-likeness (QED) is 0.219. The summed E-state index contributed by atoms with van der Waals surface area (Å²) in [6.45, 7) is 2.88. The largest absolute Gasteiger partial charge is 0.490 e. The monoisotopic (exact) mass is 487 g/mol. The topological polar surface area (TPSA) is 161 Å². The number of ether oxygens (including phenoxy) is 2. The van der Waals surface area contributed by atoms with Crippen molar-refractivity contribution < 1.29 is 32.4 Å². The third-order valence-electron chi connectivity index (χ3n) is 5.10. The van der Waals surface area contributed by atoms with E-state index < -0.39 is 39.0 Å². The molecule has 1 heterocycles. The minimum absolute atomic E-state index is 0.0119. The van der Waals surface area contributed by atoms with Gasteiger partial charge in [-0.05, 0) is 56.3 Å². The molecule has 0 aliphatic rings. The first-order valence-electron chi connectivity index (χ1n) is 9.79. The lowest BCUT2D eigenvalue weighted by molar-refractivity contribution is -0.385. The number of hydrogen-bond acceptors (Lipinski definition) is 8. The molecule has 0 aliphatic heterocycles. The highest BCUT2D eigenvalue weighted by molar-refractivity contribution is 7.89. The number of sulfonamides is 1. The highest BCUT2D eigenvalue weighted by Gasteiger charge is 2.22. The zero-order valence-electron chi connectivity index (χ0n) is 18.5. The van der Waals surface area contributed by atoms with Crippen LogP contribution in [0.5, 0.6) is 5.75 Å². The number of ketones is 1. The van der Waals surface area contributed by atoms with Crippen LogP contribution in [0.15, 0.2) is 53.4 Å². The molecule has 0 atom stereocenters. The number of nitro groups is 1. The van der Waals surface area contributed by atoms with Crippen LogP contribution in [-0.2, 0) is 14.8 Å². The normalized spacial score (nSPS) is 11.2. The predicted molar refractivity (Wildman–Crippen MR) is 121 cm³/mol. The maximum atomic E-state index is 12.7. The van der Waals surface area contributed by atoms with Crippen molar-refractivity contribution in [3.05, 3.63) is 81.2 Å². The van der Waals surface area contributed by atoms with Gasteiger partial charge in [0, 0.05) is 28.7 Å². The van der Waals surface area contributed by atoms with Crippen LogP contribution in [0.4, 0.5) is 5.69 Å². The smallest absolute Gasteiger partial charge is 0.338 e. The van der Waals surface area contributed by atoms with Crippen molar-refractivity contribution in [2.75, 3.05) is 13.7 Å². The van der Waals surface area contributed by atoms with E-state index in [1.807, 2.05) is 0 Å². The van der Waals surface area contributed by atoms with Crippen LogP contribution in [-0.4, -0.2) is 43.4 Å². The second-order valence-electron chi connectivity index (χ2n) is 7.30. The molecule has 11 nitrogen and oxygen atoms in total. The van der Waals surface area contributed by atoms with E-state index >= 15 is 0 Å². The number of aryl methyl sites for hydroxylation is 1. The number of benzene rings is 2. The fourth-order valence-electron chi connectivity index (χ4n) is 3.48. The molecule has 0 amide bonds. The van der Waals surface area contributed by atoms with Gasteiger partial charge in [0.25, 0.3) is 0 Å². The van der Waals surface area contributed by atoms with Gasteiger partial charge in [-0.25, -0.2) is 18.4 Å². The lowest BCUT2D eigenvalue weighted by Crippen LogP contribution is -2.15. The van der Waals surface area contributed by atoms with E-state index in [0.717, 1.165) is 6.07 Å². The maximum absolute atomic E-state index is 12.7. The van der Waals surface area contributed by atoms with E-state index in [1.165, 1.54) is 31.4 Å². The molecule has 0 fully saturated rings. The molecule has 2 aromatic carbocycles. The molecule has 12 heteroatoms. The van der Waals surface area contributed by atoms with Gasteiger partial charge in [0.1, 0.15) is 0 Å². The van der Waals surface area contributed by atoms with Crippen LogP contribution in [0.25, 0.3) is 5.69 Å². The predicted octanol–water partition coefficient (Wildman–Crippen LogP) is 2.70. The summed E-state index contributed by atoms with van der Waals surface area (Å²) in [4.78, 5) is 35.5. The molecule has 3 aromatic rings. The standard InChI is InChI=1S/C22H21N3O8S/c1-13-10-18(14(2)24(13)16-5-7-17(8-6-16)34(23,30)31)20(26)12-33-22(27)15-4-9-21(32-3)19(11-15)25(28)29/h4-11H,12H2,1-3H3,(H2,23,30,31). The number of nitrogens with zero attached hydrogens (tertiary/aromatic N) is 2. The molecule has 0 saturated carbocycles. The van der Waals surface area contributed by atoms with Gasteiger partial charge in [-0.15, -0.1) is 0 Å². The molecule has 3 rings (SSSR count). The summed E-state index contributed by atoms with van der Waals surface area (Å²) in [5, 5.41) is 16.3. The van der Waals surface area contributed by atoms with Crippen LogP contribution in [0.3, 0.4) is 0 Å². The fraction of sp³-hybridized carbons (Fsp3) is 0.182. The van der Waals surface area contributed by atoms with Crippen molar-refractivity contribution >= 4 is 27.5 Å². The Morgan fingerprint density at radius 2 is 1.74 bits per heavy atom. The third-order valence-corrected chi connectivity index (χ3v) is 6.03. The molecule has 1 aromatic heterocycles. The molecule has 34 heavy (non-hydrogen) atoms. The molecule has 0 saturated heterocycles. The Hall–Kier alpha value is -4.03. The molecule has 0 aliphatic carbocycles. The van der Waals surface area contributed by atoms with E-state index in [9.17, 15) is 28.1 Å². The Balaban J connectivity index is 1.78. The lowest BCUT2D eigenvalue weighted by atomic mass is 10.1. The number of Topliss-reactive ketones (excluding diaryl/α,β-unsaturated/α-hetero) is 1. The van der Waals surface area contributed by atoms with Crippen LogP contribution in [0.2, 0.25) is 0 Å². The first-order chi connectivity index (χ1) is 15.9. The molecule has 0 spiro atoms. The highest BCUT2D eigenvalue weighted by atomic mass is 32.2. The second-order valence-corrected chi connectivity index (χ2v) is 8.86. The number of hydrogen-bond donors (Lipinski definition) is 1. The summed E-state index contributed by atoms with van der Waals surface area (Å²) in [5.74, 6) is -1.38. The summed E-state index contributed by atoms with van der Waals surface area (Å²) in [7, 11) is -2.57.